The molecular weight excluding hydrogens is 1940 g/mol. The van der Waals surface area contributed by atoms with E-state index in [1.807, 2.05) is 199 Å². The molecule has 697 valence electrons. The molecule has 18 aromatic carbocycles. The fourth-order valence-corrected chi connectivity index (χ4v) is 21.9. The first-order valence-electron chi connectivity index (χ1n) is 49.1. The fourth-order valence-electron chi connectivity index (χ4n) is 21.9. The Kier molecular flexibility index (Phi) is 25.2. The van der Waals surface area contributed by atoms with E-state index in [2.05, 4.69) is 377 Å². The van der Waals surface area contributed by atoms with E-state index in [1.54, 1.807) is 6.20 Å². The number of hydrogen-bond acceptors (Lipinski definition) is 6. The summed E-state index contributed by atoms with van der Waals surface area (Å²) in [7, 11) is 3.89. The summed E-state index contributed by atoms with van der Waals surface area (Å²) in [5, 5.41) is 2.50. The molecule has 5 aromatic heterocycles. The van der Waals surface area contributed by atoms with E-state index in [0.717, 1.165) is 78.8 Å². The maximum Gasteiger partial charge on any atom is 0.164 e. The van der Waals surface area contributed by atoms with Crippen LogP contribution in [0.4, 0.5) is 17.1 Å². The van der Waals surface area contributed by atoms with Gasteiger partial charge in [0.15, 0.2) is 17.5 Å². The van der Waals surface area contributed by atoms with E-state index < -0.39 is 5.41 Å². The molecule has 0 amide bonds. The van der Waals surface area contributed by atoms with Crippen molar-refractivity contribution in [2.45, 2.75) is 50.9 Å². The van der Waals surface area contributed by atoms with Crippen LogP contribution in [0.5, 0.6) is 0 Å². The number of rotatable bonds is 12. The van der Waals surface area contributed by atoms with Gasteiger partial charge in [-0.3, -0.25) is 4.98 Å². The normalized spacial score (nSPS) is 12.6. The van der Waals surface area contributed by atoms with Crippen LogP contribution in [0.25, 0.3) is 162 Å². The fraction of sp³-hybridized carbons (Fsp3) is 0.0588. The minimum atomic E-state index is -0.415. The Bertz CT molecular complexity index is 8570. The molecule has 8 nitrogen and oxygen atoms in total. The summed E-state index contributed by atoms with van der Waals surface area (Å²) in [6.45, 7) is 15.6. The zero-order valence-electron chi connectivity index (χ0n) is 81.2. The van der Waals surface area contributed by atoms with Crippen LogP contribution >= 0.6 is 0 Å². The maximum atomic E-state index is 5.00. The van der Waals surface area contributed by atoms with Crippen LogP contribution in [0.2, 0.25) is 0 Å². The van der Waals surface area contributed by atoms with Gasteiger partial charge in [-0.2, -0.15) is 18.6 Å². The molecule has 0 saturated heterocycles. The Hall–Kier alpha value is -17.6. The molecule has 145 heavy (non-hydrogen) atoms. The van der Waals surface area contributed by atoms with Gasteiger partial charge in [-0.25, -0.2) is 15.0 Å². The van der Waals surface area contributed by atoms with Gasteiger partial charge in [0.2, 0.25) is 0 Å². The molecule has 4 aliphatic carbocycles. The second-order valence-electron chi connectivity index (χ2n) is 38.0. The number of para-hydroxylation sites is 2. The van der Waals surface area contributed by atoms with Crippen LogP contribution in [0.3, 0.4) is 0 Å². The Labute approximate surface area is 862 Å². The summed E-state index contributed by atoms with van der Waals surface area (Å²) in [6, 6.07) is 176. The third-order valence-corrected chi connectivity index (χ3v) is 28.8. The van der Waals surface area contributed by atoms with Crippen molar-refractivity contribution in [1.82, 2.24) is 29.5 Å². The van der Waals surface area contributed by atoms with Gasteiger partial charge in [0.25, 0.3) is 0 Å². The minimum Gasteiger partial charge on any atom is -0.321 e. The summed E-state index contributed by atoms with van der Waals surface area (Å²) in [5.41, 5.74) is 43.9. The maximum absolute atomic E-state index is 5.00. The van der Waals surface area contributed by atoms with Crippen molar-refractivity contribution < 1.29 is 24.7 Å². The summed E-state index contributed by atoms with van der Waals surface area (Å²) in [4.78, 5) is 26.2. The second-order valence-corrected chi connectivity index (χ2v) is 38.0. The van der Waals surface area contributed by atoms with Crippen molar-refractivity contribution in [3.63, 3.8) is 0 Å². The first kappa shape index (κ1) is 92.4. The predicted octanol–water partition coefficient (Wildman–Crippen LogP) is 33.3. The van der Waals surface area contributed by atoms with Gasteiger partial charge in [0.05, 0.1) is 28.3 Å². The molecule has 27 rings (SSSR count). The average Bonchev–Trinajstić information content (AvgIpc) is 1.51. The Balaban J connectivity index is 0.000000116. The van der Waals surface area contributed by atoms with Gasteiger partial charge in [0, 0.05) is 112 Å². The third kappa shape index (κ3) is 17.1. The third-order valence-electron chi connectivity index (χ3n) is 28.8. The van der Waals surface area contributed by atoms with Crippen molar-refractivity contribution in [2.75, 3.05) is 4.90 Å². The molecule has 23 aromatic rings. The largest absolute Gasteiger partial charge is 0.321 e. The molecule has 4 aliphatic rings. The first-order chi connectivity index (χ1) is 70.7. The summed E-state index contributed by atoms with van der Waals surface area (Å²) in [5.74, 6) is 1.96. The van der Waals surface area contributed by atoms with Crippen LogP contribution in [0, 0.1) is 33.0 Å². The Morgan fingerprint density at radius 1 is 0.303 bits per heavy atom. The zero-order chi connectivity index (χ0) is 97.4. The van der Waals surface area contributed by atoms with Gasteiger partial charge in [-0.05, 0) is 197 Å². The van der Waals surface area contributed by atoms with Crippen LogP contribution in [-0.4, -0.2) is 29.5 Å². The van der Waals surface area contributed by atoms with E-state index in [1.165, 1.54) is 139 Å². The van der Waals surface area contributed by atoms with Crippen LogP contribution in [0.1, 0.15) is 83.3 Å². The number of nitrogens with zero attached hydrogens (tertiary/aromatic N) is 8. The van der Waals surface area contributed by atoms with E-state index in [4.69, 9.17) is 15.0 Å². The van der Waals surface area contributed by atoms with Crippen molar-refractivity contribution >= 4 is 38.9 Å². The SMILES string of the molecule is CC1(C)c2ccccc2-c2cc3c4ccccc4n(-c4cccc(-c5nc(-c6ccccc6)nc(-c6ccccc6)n5)c4)c3cc21.CC1(C)c2ccccc2-c2ccc(N(c3ccc4c(c3)C3(c5ccccc5-c5ccccc53)c3ccccc3-4)c3ccccc3-c3ccccc3)cc21.[CH2-][n+]1ccccc1-c1[c-]cccc1.[CH2-]c1ccccc1-c1cc(C)c(-c2ccccc2)cn1.[Ir].[c-]1ccccc1-c1ccccn1. The summed E-state index contributed by atoms with van der Waals surface area (Å²) < 4.78 is 4.23. The molecule has 0 fully saturated rings. The Morgan fingerprint density at radius 2 is 0.745 bits per heavy atom. The van der Waals surface area contributed by atoms with E-state index in [0.29, 0.717) is 17.5 Å². The van der Waals surface area contributed by atoms with E-state index in [-0.39, 0.29) is 30.9 Å². The van der Waals surface area contributed by atoms with Gasteiger partial charge in [-0.1, -0.05) is 367 Å². The topological polar surface area (TPSA) is 76.5 Å². The van der Waals surface area contributed by atoms with Crippen molar-refractivity contribution in [3.8, 4) is 140 Å². The quantitative estimate of drug-likeness (QED) is 0.0896. The van der Waals surface area contributed by atoms with E-state index >= 15 is 0 Å². The summed E-state index contributed by atoms with van der Waals surface area (Å²) >= 11 is 0. The molecule has 5 heterocycles. The van der Waals surface area contributed by atoms with Crippen LogP contribution < -0.4 is 9.47 Å². The predicted molar refractivity (Wildman–Crippen MR) is 593 cm³/mol. The number of aromatic nitrogens is 7. The smallest absolute Gasteiger partial charge is 0.164 e. The van der Waals surface area contributed by atoms with Gasteiger partial charge < -0.3 is 19.0 Å². The Morgan fingerprint density at radius 3 is 1.30 bits per heavy atom. The second kappa shape index (κ2) is 39.5. The first-order valence-corrected chi connectivity index (χ1v) is 49.1. The molecule has 1 radical (unpaired) electrons. The molecule has 0 atom stereocenters. The van der Waals surface area contributed by atoms with Crippen molar-refractivity contribution in [3.05, 3.63) is 580 Å². The summed E-state index contributed by atoms with van der Waals surface area (Å²) in [6.07, 6.45) is 5.67. The molecule has 0 aliphatic heterocycles. The number of hydrogen-bond donors (Lipinski definition) is 0. The standard InChI is InChI=1S/C52H37N.C42H30N4.C19H16N.C12H10N.C11H8N.Ir/c1-51(2)44-23-11-6-19-38(44)42-30-28-35(32-48(42)51)53(50-27-15-10-18-37(50)34-16-4-3-5-17-34)36-29-31-43-41-22-9-14-26-47(41)52(49(43)33-36)45-24-12-7-20-39(45)40-21-8-13-25-46(40)52;1-42(2)35-22-11-9-20-31(35)33-25-34-32-21-10-12-23-37(32)46(38(34)26-36(33)42)30-19-13-18-29(24-30)41-44-39(27-14-5-3-6-15-27)43-40(45-41)28-16-7-4-8-17-28;1-14-8-6-7-11-17(14)19-12-15(2)18(13-20-19)16-9-4-3-5-10-16;1-13-10-6-5-9-12(13)11-7-3-2-4-8-11;1-2-6-10(7-3-1)11-8-4-5-9-12-11;/h3-33H,1-2H3;3-26H,1-2H3;3-13H,1H2,2H3;2-7,9-10H,1H2;1-6,8-9H;/q;;3*-1;. The van der Waals surface area contributed by atoms with Crippen LogP contribution in [0.15, 0.2) is 498 Å². The van der Waals surface area contributed by atoms with E-state index in [9.17, 15) is 0 Å². The number of fused-ring (bicyclic) bond motifs is 19. The van der Waals surface area contributed by atoms with Gasteiger partial charge in [0.1, 0.15) is 5.69 Å². The van der Waals surface area contributed by atoms with Gasteiger partial charge >= 0.3 is 0 Å². The molecule has 1 spiro atoms. The van der Waals surface area contributed by atoms with Gasteiger partial charge in [-0.15, -0.1) is 83.9 Å². The molecular formula is C136H101IrN8-3. The van der Waals surface area contributed by atoms with Crippen molar-refractivity contribution in [1.29, 1.82) is 0 Å². The number of benzene rings is 18. The number of anilines is 3. The zero-order valence-corrected chi connectivity index (χ0v) is 83.6. The van der Waals surface area contributed by atoms with Crippen molar-refractivity contribution in [2.24, 2.45) is 0 Å². The van der Waals surface area contributed by atoms with Crippen LogP contribution in [-0.2, 0) is 36.4 Å². The molecule has 0 bridgehead atoms. The molecule has 0 saturated carbocycles. The molecule has 0 N–H and O–H groups in total. The number of pyridine rings is 3. The monoisotopic (exact) mass is 2040 g/mol. The molecule has 0 unspecified atom stereocenters. The average molecular weight is 2040 g/mol. The number of aryl methyl sites for hydroxylation is 1. The molecule has 9 heteroatoms. The minimum absolute atomic E-state index is 0.